The lowest BCUT2D eigenvalue weighted by Crippen LogP contribution is -1.96. The molecule has 0 amide bonds. The first-order chi connectivity index (χ1) is 7.22. The number of pyridine rings is 1. The Morgan fingerprint density at radius 3 is 3.00 bits per heavy atom. The lowest BCUT2D eigenvalue weighted by Gasteiger charge is -1.98. The molecule has 0 aliphatic heterocycles. The van der Waals surface area contributed by atoms with Crippen LogP contribution in [-0.4, -0.2) is 9.38 Å². The van der Waals surface area contributed by atoms with E-state index in [0.717, 1.165) is 40.9 Å². The summed E-state index contributed by atoms with van der Waals surface area (Å²) in [6.07, 6.45) is 5.21. The van der Waals surface area contributed by atoms with Crippen LogP contribution < -0.4 is 5.73 Å². The number of fused-ring (bicyclic) bond motifs is 1. The summed E-state index contributed by atoms with van der Waals surface area (Å²) < 4.78 is 2.94. The van der Waals surface area contributed by atoms with Crippen LogP contribution in [0, 0.1) is 0 Å². The Morgan fingerprint density at radius 2 is 2.27 bits per heavy atom. The van der Waals surface area contributed by atoms with E-state index in [1.165, 1.54) is 0 Å². The van der Waals surface area contributed by atoms with E-state index < -0.39 is 0 Å². The number of halogens is 1. The van der Waals surface area contributed by atoms with E-state index in [9.17, 15) is 0 Å². The van der Waals surface area contributed by atoms with Gasteiger partial charge in [-0.3, -0.25) is 4.40 Å². The number of hydrogen-bond acceptors (Lipinski definition) is 2. The molecule has 2 heterocycles. The van der Waals surface area contributed by atoms with Gasteiger partial charge < -0.3 is 5.73 Å². The maximum Gasteiger partial charge on any atom is 0.138 e. The minimum Gasteiger partial charge on any atom is -0.383 e. The molecule has 2 N–H and O–H groups in total. The van der Waals surface area contributed by atoms with Gasteiger partial charge >= 0.3 is 0 Å². The average Bonchev–Trinajstić information content (AvgIpc) is 2.53. The van der Waals surface area contributed by atoms with Gasteiger partial charge in [-0.25, -0.2) is 4.98 Å². The van der Waals surface area contributed by atoms with E-state index in [2.05, 4.69) is 27.8 Å². The average molecular weight is 268 g/mol. The van der Waals surface area contributed by atoms with Crippen LogP contribution in [0.2, 0.25) is 0 Å². The molecule has 0 aromatic carbocycles. The number of nitrogen functional groups attached to an aromatic ring is 1. The fraction of sp³-hybridized carbons (Fsp3) is 0.364. The zero-order valence-electron chi connectivity index (χ0n) is 8.70. The highest BCUT2D eigenvalue weighted by molar-refractivity contribution is 9.10. The number of imidazole rings is 1. The summed E-state index contributed by atoms with van der Waals surface area (Å²) in [5.41, 5.74) is 7.96. The molecule has 80 valence electrons. The molecular weight excluding hydrogens is 254 g/mol. The number of aryl methyl sites for hydroxylation is 1. The van der Waals surface area contributed by atoms with Crippen LogP contribution in [0.1, 0.15) is 25.5 Å². The van der Waals surface area contributed by atoms with Gasteiger partial charge in [0, 0.05) is 10.7 Å². The third-order valence-corrected chi connectivity index (χ3v) is 2.93. The number of nitrogens with two attached hydrogens (primary N) is 1. The number of hydrogen-bond donors (Lipinski definition) is 1. The van der Waals surface area contributed by atoms with Gasteiger partial charge in [0.2, 0.25) is 0 Å². The predicted molar refractivity (Wildman–Crippen MR) is 65.9 cm³/mol. The molecule has 0 fully saturated rings. The fourth-order valence-corrected chi connectivity index (χ4v) is 1.95. The van der Waals surface area contributed by atoms with E-state index >= 15 is 0 Å². The van der Waals surface area contributed by atoms with Crippen molar-refractivity contribution in [1.82, 2.24) is 9.38 Å². The highest BCUT2D eigenvalue weighted by Gasteiger charge is 2.08. The molecule has 0 spiro atoms. The molecule has 0 bridgehead atoms. The van der Waals surface area contributed by atoms with Crippen molar-refractivity contribution in [2.24, 2.45) is 0 Å². The summed E-state index contributed by atoms with van der Waals surface area (Å²) in [6.45, 7) is 2.17. The van der Waals surface area contributed by atoms with Crippen LogP contribution in [-0.2, 0) is 6.42 Å². The van der Waals surface area contributed by atoms with Crippen molar-refractivity contribution in [1.29, 1.82) is 0 Å². The van der Waals surface area contributed by atoms with Crippen LogP contribution in [0.15, 0.2) is 22.8 Å². The Balaban J connectivity index is 2.45. The summed E-state index contributed by atoms with van der Waals surface area (Å²) >= 11 is 3.42. The van der Waals surface area contributed by atoms with Crippen molar-refractivity contribution in [2.75, 3.05) is 5.73 Å². The number of aromatic nitrogens is 2. The molecule has 2 aromatic heterocycles. The van der Waals surface area contributed by atoms with Gasteiger partial charge in [0.1, 0.15) is 11.5 Å². The summed E-state index contributed by atoms with van der Waals surface area (Å²) in [4.78, 5) is 4.51. The topological polar surface area (TPSA) is 43.3 Å². The standard InChI is InChI=1S/C11H14BrN3/c1-2-3-4-9-11(13)15-7-8(12)5-6-10(15)14-9/h5-7H,2-4,13H2,1H3. The monoisotopic (exact) mass is 267 g/mol. The van der Waals surface area contributed by atoms with Gasteiger partial charge in [0.25, 0.3) is 0 Å². The molecule has 0 atom stereocenters. The normalized spacial score (nSPS) is 11.1. The molecule has 0 radical (unpaired) electrons. The Morgan fingerprint density at radius 1 is 1.47 bits per heavy atom. The third kappa shape index (κ3) is 2.00. The molecule has 0 aliphatic carbocycles. The summed E-state index contributed by atoms with van der Waals surface area (Å²) in [5, 5.41) is 0. The quantitative estimate of drug-likeness (QED) is 0.929. The molecule has 0 aliphatic rings. The van der Waals surface area contributed by atoms with Crippen LogP contribution in [0.3, 0.4) is 0 Å². The fourth-order valence-electron chi connectivity index (χ4n) is 1.61. The van der Waals surface area contributed by atoms with Crippen molar-refractivity contribution in [2.45, 2.75) is 26.2 Å². The first kappa shape index (κ1) is 10.5. The zero-order valence-corrected chi connectivity index (χ0v) is 10.3. The Bertz CT molecular complexity index is 476. The van der Waals surface area contributed by atoms with Gasteiger partial charge in [-0.05, 0) is 40.9 Å². The minimum absolute atomic E-state index is 0.764. The Hall–Kier alpha value is -1.03. The second kappa shape index (κ2) is 4.23. The van der Waals surface area contributed by atoms with Crippen LogP contribution in [0.5, 0.6) is 0 Å². The number of nitrogens with zero attached hydrogens (tertiary/aromatic N) is 2. The summed E-state index contributed by atoms with van der Waals surface area (Å²) in [6, 6.07) is 3.95. The molecule has 2 aromatic rings. The van der Waals surface area contributed by atoms with Gasteiger partial charge in [-0.15, -0.1) is 0 Å². The smallest absolute Gasteiger partial charge is 0.138 e. The number of anilines is 1. The van der Waals surface area contributed by atoms with E-state index in [1.807, 2.05) is 22.7 Å². The van der Waals surface area contributed by atoms with Crippen LogP contribution >= 0.6 is 15.9 Å². The lowest BCUT2D eigenvalue weighted by atomic mass is 10.2. The second-order valence-corrected chi connectivity index (χ2v) is 4.54. The van der Waals surface area contributed by atoms with Gasteiger partial charge in [-0.1, -0.05) is 13.3 Å². The molecule has 0 saturated carbocycles. The molecule has 2 rings (SSSR count). The van der Waals surface area contributed by atoms with Crippen molar-refractivity contribution in [3.8, 4) is 0 Å². The molecular formula is C11H14BrN3. The summed E-state index contributed by atoms with van der Waals surface area (Å²) in [5.74, 6) is 0.764. The van der Waals surface area contributed by atoms with E-state index in [0.29, 0.717) is 0 Å². The number of unbranched alkanes of at least 4 members (excludes halogenated alkanes) is 1. The minimum atomic E-state index is 0.764. The van der Waals surface area contributed by atoms with Gasteiger partial charge in [0.05, 0.1) is 5.69 Å². The first-order valence-corrected chi connectivity index (χ1v) is 5.93. The SMILES string of the molecule is CCCCc1nc2ccc(Br)cn2c1N. The highest BCUT2D eigenvalue weighted by atomic mass is 79.9. The van der Waals surface area contributed by atoms with Crippen LogP contribution in [0.4, 0.5) is 5.82 Å². The van der Waals surface area contributed by atoms with E-state index in [4.69, 9.17) is 5.73 Å². The Kier molecular flexibility index (Phi) is 2.95. The molecule has 3 nitrogen and oxygen atoms in total. The van der Waals surface area contributed by atoms with Crippen molar-refractivity contribution in [3.05, 3.63) is 28.5 Å². The maximum absolute atomic E-state index is 6.03. The van der Waals surface area contributed by atoms with Crippen molar-refractivity contribution in [3.63, 3.8) is 0 Å². The zero-order chi connectivity index (χ0) is 10.8. The Labute approximate surface area is 97.4 Å². The molecule has 0 unspecified atom stereocenters. The first-order valence-electron chi connectivity index (χ1n) is 5.14. The van der Waals surface area contributed by atoms with Gasteiger partial charge in [0.15, 0.2) is 0 Å². The third-order valence-electron chi connectivity index (χ3n) is 2.46. The van der Waals surface area contributed by atoms with Gasteiger partial charge in [-0.2, -0.15) is 0 Å². The van der Waals surface area contributed by atoms with Crippen LogP contribution in [0.25, 0.3) is 5.65 Å². The predicted octanol–water partition coefficient (Wildman–Crippen LogP) is 3.02. The number of rotatable bonds is 3. The van der Waals surface area contributed by atoms with Crippen molar-refractivity contribution < 1.29 is 0 Å². The summed E-state index contributed by atoms with van der Waals surface area (Å²) in [7, 11) is 0. The second-order valence-electron chi connectivity index (χ2n) is 3.62. The maximum atomic E-state index is 6.03. The largest absolute Gasteiger partial charge is 0.383 e. The van der Waals surface area contributed by atoms with E-state index in [1.54, 1.807) is 0 Å². The molecule has 0 saturated heterocycles. The highest BCUT2D eigenvalue weighted by Crippen LogP contribution is 2.19. The molecule has 15 heavy (non-hydrogen) atoms. The van der Waals surface area contributed by atoms with Crippen molar-refractivity contribution >= 4 is 27.4 Å². The van der Waals surface area contributed by atoms with E-state index in [-0.39, 0.29) is 0 Å². The lowest BCUT2D eigenvalue weighted by molar-refractivity contribution is 0.783. The molecule has 4 heteroatoms.